The van der Waals surface area contributed by atoms with E-state index in [-0.39, 0.29) is 11.6 Å². The van der Waals surface area contributed by atoms with Crippen LogP contribution in [0.15, 0.2) is 22.7 Å². The highest BCUT2D eigenvalue weighted by molar-refractivity contribution is 9.10. The molecule has 0 saturated heterocycles. The molecule has 0 bridgehead atoms. The molecule has 5 heteroatoms. The van der Waals surface area contributed by atoms with Gasteiger partial charge in [-0.15, -0.1) is 0 Å². The third kappa shape index (κ3) is 4.84. The second kappa shape index (κ2) is 7.50. The number of carboxylic acid groups (broad SMARTS) is 1. The van der Waals surface area contributed by atoms with E-state index in [0.717, 1.165) is 4.47 Å². The zero-order valence-electron chi connectivity index (χ0n) is 11.4. The van der Waals surface area contributed by atoms with Gasteiger partial charge in [0.25, 0.3) is 0 Å². The Bertz CT molecular complexity index is 435. The van der Waals surface area contributed by atoms with Crippen molar-refractivity contribution in [3.63, 3.8) is 0 Å². The van der Waals surface area contributed by atoms with E-state index in [2.05, 4.69) is 35.1 Å². The van der Waals surface area contributed by atoms with Crippen LogP contribution in [0, 0.1) is 5.92 Å². The van der Waals surface area contributed by atoms with Gasteiger partial charge in [-0.25, -0.2) is 4.79 Å². The Balaban J connectivity index is 2.92. The molecule has 1 aromatic rings. The first-order chi connectivity index (χ1) is 8.95. The Morgan fingerprint density at radius 1 is 1.47 bits per heavy atom. The van der Waals surface area contributed by atoms with Crippen LogP contribution >= 0.6 is 15.9 Å². The summed E-state index contributed by atoms with van der Waals surface area (Å²) in [4.78, 5) is 11.2. The summed E-state index contributed by atoms with van der Waals surface area (Å²) in [6.45, 7) is 7.31. The molecule has 4 nitrogen and oxygen atoms in total. The van der Waals surface area contributed by atoms with Gasteiger partial charge in [0, 0.05) is 16.8 Å². The second-order valence-corrected chi connectivity index (χ2v) is 5.57. The fraction of sp³-hybridized carbons (Fsp3) is 0.500. The maximum atomic E-state index is 11.2. The largest absolute Gasteiger partial charge is 0.478 e. The zero-order valence-corrected chi connectivity index (χ0v) is 13.0. The maximum absolute atomic E-state index is 11.2. The predicted octanol–water partition coefficient (Wildman–Crippen LogP) is 3.62. The first kappa shape index (κ1) is 16.0. The topological polar surface area (TPSA) is 58.6 Å². The highest BCUT2D eigenvalue weighted by atomic mass is 79.9. The van der Waals surface area contributed by atoms with Gasteiger partial charge >= 0.3 is 5.97 Å². The molecule has 1 rings (SSSR count). The minimum absolute atomic E-state index is 0.0826. The van der Waals surface area contributed by atoms with Gasteiger partial charge in [-0.05, 0) is 31.0 Å². The quantitative estimate of drug-likeness (QED) is 0.802. The number of halogens is 1. The second-order valence-electron chi connectivity index (χ2n) is 4.65. The number of carbonyl (C=O) groups is 1. The van der Waals surface area contributed by atoms with Crippen LogP contribution in [0.2, 0.25) is 0 Å². The monoisotopic (exact) mass is 329 g/mol. The van der Waals surface area contributed by atoms with E-state index in [1.54, 1.807) is 12.1 Å². The molecular formula is C14H20BrNO3. The van der Waals surface area contributed by atoms with E-state index >= 15 is 0 Å². The van der Waals surface area contributed by atoms with Crippen LogP contribution in [0.4, 0.5) is 5.69 Å². The average molecular weight is 330 g/mol. The minimum atomic E-state index is -0.942. The number of ether oxygens (including phenoxy) is 1. The summed E-state index contributed by atoms with van der Waals surface area (Å²) < 4.78 is 6.19. The van der Waals surface area contributed by atoms with Gasteiger partial charge in [0.15, 0.2) is 0 Å². The molecule has 0 spiro atoms. The van der Waals surface area contributed by atoms with Gasteiger partial charge in [0.05, 0.1) is 18.2 Å². The van der Waals surface area contributed by atoms with E-state index in [9.17, 15) is 9.90 Å². The van der Waals surface area contributed by atoms with Crippen LogP contribution in [-0.4, -0.2) is 30.3 Å². The van der Waals surface area contributed by atoms with Crippen molar-refractivity contribution in [3.8, 4) is 0 Å². The zero-order chi connectivity index (χ0) is 14.4. The molecule has 106 valence electrons. The lowest BCUT2D eigenvalue weighted by atomic mass is 10.0. The molecule has 0 aromatic heterocycles. The fourth-order valence-electron chi connectivity index (χ4n) is 1.66. The molecule has 1 unspecified atom stereocenters. The Labute approximate surface area is 122 Å². The van der Waals surface area contributed by atoms with Gasteiger partial charge in [0.2, 0.25) is 0 Å². The molecule has 0 aliphatic heterocycles. The van der Waals surface area contributed by atoms with Crippen LogP contribution in [-0.2, 0) is 4.74 Å². The molecule has 0 aliphatic carbocycles. The van der Waals surface area contributed by atoms with Crippen molar-refractivity contribution >= 4 is 27.6 Å². The van der Waals surface area contributed by atoms with Crippen molar-refractivity contribution < 1.29 is 14.6 Å². The molecule has 0 saturated carbocycles. The standard InChI is InChI=1S/C14H20BrNO3/c1-4-19-8-13(9(2)3)16-12-6-5-10(15)7-11(12)14(17)18/h5-7,9,13,16H,4,8H2,1-3H3,(H,17,18). The van der Waals surface area contributed by atoms with Gasteiger partial charge in [0.1, 0.15) is 0 Å². The number of hydrogen-bond donors (Lipinski definition) is 2. The minimum Gasteiger partial charge on any atom is -0.478 e. The van der Waals surface area contributed by atoms with Gasteiger partial charge in [-0.2, -0.15) is 0 Å². The smallest absolute Gasteiger partial charge is 0.337 e. The molecule has 0 radical (unpaired) electrons. The number of hydrogen-bond acceptors (Lipinski definition) is 3. The van der Waals surface area contributed by atoms with Crippen molar-refractivity contribution in [2.75, 3.05) is 18.5 Å². The van der Waals surface area contributed by atoms with Crippen LogP contribution in [0.5, 0.6) is 0 Å². The van der Waals surface area contributed by atoms with E-state index in [1.165, 1.54) is 0 Å². The van der Waals surface area contributed by atoms with Crippen molar-refractivity contribution in [3.05, 3.63) is 28.2 Å². The summed E-state index contributed by atoms with van der Waals surface area (Å²) in [5.41, 5.74) is 0.880. The van der Waals surface area contributed by atoms with Crippen LogP contribution in [0.3, 0.4) is 0 Å². The predicted molar refractivity (Wildman–Crippen MR) is 79.8 cm³/mol. The molecule has 0 aliphatic rings. The van der Waals surface area contributed by atoms with E-state index < -0.39 is 5.97 Å². The summed E-state index contributed by atoms with van der Waals surface area (Å²) >= 11 is 3.29. The van der Waals surface area contributed by atoms with Crippen molar-refractivity contribution in [1.82, 2.24) is 0 Å². The molecule has 1 aromatic carbocycles. The van der Waals surface area contributed by atoms with Crippen LogP contribution < -0.4 is 5.32 Å². The third-order valence-electron chi connectivity index (χ3n) is 2.86. The summed E-state index contributed by atoms with van der Waals surface area (Å²) in [5, 5.41) is 12.5. The van der Waals surface area contributed by atoms with Crippen LogP contribution in [0.1, 0.15) is 31.1 Å². The van der Waals surface area contributed by atoms with Crippen molar-refractivity contribution in [2.24, 2.45) is 5.92 Å². The first-order valence-electron chi connectivity index (χ1n) is 6.32. The van der Waals surface area contributed by atoms with Gasteiger partial charge in [-0.3, -0.25) is 0 Å². The third-order valence-corrected chi connectivity index (χ3v) is 3.35. The molecule has 0 amide bonds. The molecule has 0 fully saturated rings. The van der Waals surface area contributed by atoms with Crippen molar-refractivity contribution in [1.29, 1.82) is 0 Å². The van der Waals surface area contributed by atoms with Crippen molar-refractivity contribution in [2.45, 2.75) is 26.8 Å². The number of benzene rings is 1. The highest BCUT2D eigenvalue weighted by Crippen LogP contribution is 2.23. The number of nitrogens with one attached hydrogen (secondary N) is 1. The SMILES string of the molecule is CCOCC(Nc1ccc(Br)cc1C(=O)O)C(C)C. The molecular weight excluding hydrogens is 310 g/mol. The number of rotatable bonds is 7. The lowest BCUT2D eigenvalue weighted by Gasteiger charge is -2.24. The Hall–Kier alpha value is -1.07. The normalized spacial score (nSPS) is 12.5. The van der Waals surface area contributed by atoms with E-state index in [0.29, 0.717) is 24.8 Å². The maximum Gasteiger partial charge on any atom is 0.337 e. The first-order valence-corrected chi connectivity index (χ1v) is 7.12. The van der Waals surface area contributed by atoms with Gasteiger partial charge < -0.3 is 15.2 Å². The number of anilines is 1. The Kier molecular flexibility index (Phi) is 6.31. The number of carboxylic acids is 1. The summed E-state index contributed by atoms with van der Waals surface area (Å²) in [6.07, 6.45) is 0. The Morgan fingerprint density at radius 3 is 2.68 bits per heavy atom. The van der Waals surface area contributed by atoms with Gasteiger partial charge in [-0.1, -0.05) is 29.8 Å². The van der Waals surface area contributed by atoms with E-state index in [1.807, 2.05) is 13.0 Å². The lowest BCUT2D eigenvalue weighted by Crippen LogP contribution is -2.31. The lowest BCUT2D eigenvalue weighted by molar-refractivity contribution is 0.0697. The summed E-state index contributed by atoms with van der Waals surface area (Å²) in [7, 11) is 0. The molecule has 19 heavy (non-hydrogen) atoms. The fourth-order valence-corrected chi connectivity index (χ4v) is 2.03. The highest BCUT2D eigenvalue weighted by Gasteiger charge is 2.17. The van der Waals surface area contributed by atoms with Crippen LogP contribution in [0.25, 0.3) is 0 Å². The molecule has 0 heterocycles. The molecule has 1 atom stereocenters. The Morgan fingerprint density at radius 2 is 2.16 bits per heavy atom. The van der Waals surface area contributed by atoms with E-state index in [4.69, 9.17) is 4.74 Å². The summed E-state index contributed by atoms with van der Waals surface area (Å²) in [5.74, 6) is -0.598. The average Bonchev–Trinajstić information content (AvgIpc) is 2.35. The summed E-state index contributed by atoms with van der Waals surface area (Å²) in [6, 6.07) is 5.28. The number of aromatic carboxylic acids is 1. The molecule has 2 N–H and O–H groups in total.